The average molecular weight is 456 g/mol. The van der Waals surface area contributed by atoms with Crippen molar-refractivity contribution in [1.29, 1.82) is 0 Å². The van der Waals surface area contributed by atoms with E-state index < -0.39 is 10.0 Å². The van der Waals surface area contributed by atoms with Gasteiger partial charge in [-0.05, 0) is 41.8 Å². The van der Waals surface area contributed by atoms with Gasteiger partial charge in [0.1, 0.15) is 0 Å². The van der Waals surface area contributed by atoms with Gasteiger partial charge in [0.15, 0.2) is 11.5 Å². The zero-order chi connectivity index (χ0) is 22.7. The molecule has 1 N–H and O–H groups in total. The summed E-state index contributed by atoms with van der Waals surface area (Å²) in [6.45, 7) is 1.91. The third kappa shape index (κ3) is 4.53. The van der Waals surface area contributed by atoms with Crippen LogP contribution in [0.25, 0.3) is 0 Å². The highest BCUT2D eigenvalue weighted by atomic mass is 32.2. The molecule has 1 aliphatic rings. The van der Waals surface area contributed by atoms with Crippen molar-refractivity contribution in [3.05, 3.63) is 77.6 Å². The normalized spacial score (nSPS) is 15.2. The highest BCUT2D eigenvalue weighted by Crippen LogP contribution is 2.31. The van der Waals surface area contributed by atoms with Gasteiger partial charge in [0.25, 0.3) is 0 Å². The first-order chi connectivity index (χ1) is 15.4. The number of aromatic nitrogens is 1. The fourth-order valence-corrected chi connectivity index (χ4v) is 5.33. The van der Waals surface area contributed by atoms with Crippen LogP contribution in [0.3, 0.4) is 0 Å². The number of nitrogens with one attached hydrogen (secondary N) is 1. The maximum absolute atomic E-state index is 13.1. The molecular formula is C24H29N3O4S. The van der Waals surface area contributed by atoms with Crippen molar-refractivity contribution in [1.82, 2.24) is 14.2 Å². The van der Waals surface area contributed by atoms with Crippen LogP contribution in [0.5, 0.6) is 11.5 Å². The molecule has 32 heavy (non-hydrogen) atoms. The quantitative estimate of drug-likeness (QED) is 0.565. The molecule has 0 bridgehead atoms. The first-order valence-electron chi connectivity index (χ1n) is 10.6. The van der Waals surface area contributed by atoms with E-state index in [1.54, 1.807) is 6.07 Å². The summed E-state index contributed by atoms with van der Waals surface area (Å²) in [4.78, 5) is 2.49. The van der Waals surface area contributed by atoms with E-state index in [0.717, 1.165) is 25.2 Å². The van der Waals surface area contributed by atoms with Crippen LogP contribution in [0.2, 0.25) is 0 Å². The van der Waals surface area contributed by atoms with E-state index >= 15 is 0 Å². The second-order valence-electron chi connectivity index (χ2n) is 7.92. The Morgan fingerprint density at radius 1 is 1.00 bits per heavy atom. The number of fused-ring (bicyclic) bond motifs is 1. The molecule has 0 amide bonds. The number of benzene rings is 2. The molecule has 8 heteroatoms. The fourth-order valence-electron chi connectivity index (χ4n) is 4.28. The Morgan fingerprint density at radius 3 is 2.44 bits per heavy atom. The van der Waals surface area contributed by atoms with Crippen molar-refractivity contribution in [2.45, 2.75) is 23.9 Å². The lowest BCUT2D eigenvalue weighted by Crippen LogP contribution is -2.41. The van der Waals surface area contributed by atoms with Crippen LogP contribution < -0.4 is 14.2 Å². The zero-order valence-corrected chi connectivity index (χ0v) is 19.4. The summed E-state index contributed by atoms with van der Waals surface area (Å²) >= 11 is 0. The Labute approximate surface area is 189 Å². The van der Waals surface area contributed by atoms with E-state index in [2.05, 4.69) is 44.5 Å². The minimum Gasteiger partial charge on any atom is -0.493 e. The monoisotopic (exact) mass is 455 g/mol. The van der Waals surface area contributed by atoms with Gasteiger partial charge < -0.3 is 14.0 Å². The van der Waals surface area contributed by atoms with Crippen LogP contribution in [0.1, 0.15) is 22.9 Å². The predicted octanol–water partition coefficient (Wildman–Crippen LogP) is 3.12. The zero-order valence-electron chi connectivity index (χ0n) is 18.6. The van der Waals surface area contributed by atoms with Crippen molar-refractivity contribution < 1.29 is 17.9 Å². The number of rotatable bonds is 8. The summed E-state index contributed by atoms with van der Waals surface area (Å²) in [5.41, 5.74) is 3.72. The van der Waals surface area contributed by atoms with Crippen LogP contribution in [-0.2, 0) is 30.0 Å². The van der Waals surface area contributed by atoms with E-state index in [-0.39, 0.29) is 17.5 Å². The molecular weight excluding hydrogens is 426 g/mol. The molecule has 2 heterocycles. The number of hydrogen-bond acceptors (Lipinski definition) is 5. The van der Waals surface area contributed by atoms with Gasteiger partial charge in [-0.3, -0.25) is 4.90 Å². The Kier molecular flexibility index (Phi) is 6.55. The van der Waals surface area contributed by atoms with Crippen LogP contribution in [-0.4, -0.2) is 45.2 Å². The molecule has 3 aromatic rings. The molecule has 1 unspecified atom stereocenters. The van der Waals surface area contributed by atoms with E-state index in [0.29, 0.717) is 11.5 Å². The van der Waals surface area contributed by atoms with Crippen molar-refractivity contribution in [2.24, 2.45) is 7.05 Å². The SMILES string of the molecule is COc1ccc(S(=O)(=O)NCC(c2cccn2C)N2CCc3ccccc3C2)cc1OC. The number of ether oxygens (including phenoxy) is 2. The lowest BCUT2D eigenvalue weighted by atomic mass is 9.98. The minimum absolute atomic E-state index is 0.0988. The van der Waals surface area contributed by atoms with Gasteiger partial charge in [-0.25, -0.2) is 13.1 Å². The summed E-state index contributed by atoms with van der Waals surface area (Å²) in [5.74, 6) is 0.863. The van der Waals surface area contributed by atoms with Gasteiger partial charge in [0, 0.05) is 44.6 Å². The van der Waals surface area contributed by atoms with Crippen molar-refractivity contribution in [3.8, 4) is 11.5 Å². The van der Waals surface area contributed by atoms with Crippen LogP contribution in [0.4, 0.5) is 0 Å². The summed E-state index contributed by atoms with van der Waals surface area (Å²) in [5, 5.41) is 0. The van der Waals surface area contributed by atoms with Gasteiger partial charge >= 0.3 is 0 Å². The van der Waals surface area contributed by atoms with Gasteiger partial charge in [0.05, 0.1) is 25.2 Å². The molecule has 2 aromatic carbocycles. The Bertz CT molecular complexity index is 1190. The summed E-state index contributed by atoms with van der Waals surface area (Å²) in [6, 6.07) is 17.0. The fraction of sp³-hybridized carbons (Fsp3) is 0.333. The van der Waals surface area contributed by atoms with Crippen molar-refractivity contribution in [2.75, 3.05) is 27.3 Å². The molecule has 170 valence electrons. The third-order valence-corrected chi connectivity index (χ3v) is 7.48. The first-order valence-corrected chi connectivity index (χ1v) is 12.0. The molecule has 0 fully saturated rings. The van der Waals surface area contributed by atoms with E-state index in [1.165, 1.54) is 37.5 Å². The molecule has 1 aromatic heterocycles. The van der Waals surface area contributed by atoms with Crippen molar-refractivity contribution >= 4 is 10.0 Å². The van der Waals surface area contributed by atoms with Crippen LogP contribution in [0, 0.1) is 0 Å². The molecule has 1 atom stereocenters. The van der Waals surface area contributed by atoms with Crippen molar-refractivity contribution in [3.63, 3.8) is 0 Å². The molecule has 0 saturated heterocycles. The third-order valence-electron chi connectivity index (χ3n) is 6.06. The minimum atomic E-state index is -3.74. The summed E-state index contributed by atoms with van der Waals surface area (Å²) < 4.78 is 41.6. The molecule has 0 spiro atoms. The van der Waals surface area contributed by atoms with Gasteiger partial charge in [0.2, 0.25) is 10.0 Å². The Morgan fingerprint density at radius 2 is 1.75 bits per heavy atom. The standard InChI is InChI=1S/C24H29N3O4S/c1-26-13-6-9-21(26)22(27-14-12-18-7-4-5-8-19(18)17-27)16-25-32(28,29)20-10-11-23(30-2)24(15-20)31-3/h4-11,13,15,22,25H,12,14,16-17H2,1-3H3. The summed E-state index contributed by atoms with van der Waals surface area (Å²) in [6.07, 6.45) is 2.93. The average Bonchev–Trinajstić information content (AvgIpc) is 3.24. The molecule has 1 aliphatic heterocycles. The van der Waals surface area contributed by atoms with Crippen LogP contribution in [0.15, 0.2) is 65.7 Å². The number of nitrogens with zero attached hydrogens (tertiary/aromatic N) is 2. The number of methoxy groups -OCH3 is 2. The Balaban J connectivity index is 1.58. The molecule has 0 aliphatic carbocycles. The highest BCUT2D eigenvalue weighted by Gasteiger charge is 2.28. The largest absolute Gasteiger partial charge is 0.493 e. The van der Waals surface area contributed by atoms with Gasteiger partial charge in [-0.2, -0.15) is 0 Å². The second-order valence-corrected chi connectivity index (χ2v) is 9.68. The molecule has 0 saturated carbocycles. The molecule has 0 radical (unpaired) electrons. The van der Waals surface area contributed by atoms with E-state index in [4.69, 9.17) is 9.47 Å². The van der Waals surface area contributed by atoms with Gasteiger partial charge in [-0.1, -0.05) is 24.3 Å². The number of aryl methyl sites for hydroxylation is 1. The van der Waals surface area contributed by atoms with E-state index in [1.807, 2.05) is 19.3 Å². The lowest BCUT2D eigenvalue weighted by Gasteiger charge is -2.36. The number of sulfonamides is 1. The maximum atomic E-state index is 13.1. The topological polar surface area (TPSA) is 72.8 Å². The lowest BCUT2D eigenvalue weighted by molar-refractivity contribution is 0.174. The summed E-state index contributed by atoms with van der Waals surface area (Å²) in [7, 11) is 1.26. The predicted molar refractivity (Wildman–Crippen MR) is 123 cm³/mol. The highest BCUT2D eigenvalue weighted by molar-refractivity contribution is 7.89. The first kappa shape index (κ1) is 22.4. The second kappa shape index (κ2) is 9.36. The molecule has 7 nitrogen and oxygen atoms in total. The smallest absolute Gasteiger partial charge is 0.240 e. The number of hydrogen-bond donors (Lipinski definition) is 1. The maximum Gasteiger partial charge on any atom is 0.240 e. The Hall–Kier alpha value is -2.81. The van der Waals surface area contributed by atoms with E-state index in [9.17, 15) is 8.42 Å². The van der Waals surface area contributed by atoms with Crippen LogP contribution >= 0.6 is 0 Å². The molecule has 4 rings (SSSR count). The van der Waals surface area contributed by atoms with Gasteiger partial charge in [-0.15, -0.1) is 0 Å².